The van der Waals surface area contributed by atoms with Crippen molar-refractivity contribution >= 4 is 34.5 Å². The Balaban J connectivity index is 2.29. The van der Waals surface area contributed by atoms with Gasteiger partial charge in [0, 0.05) is 21.0 Å². The number of thiophene rings is 1. The van der Waals surface area contributed by atoms with Crippen LogP contribution in [0.2, 0.25) is 10.0 Å². The number of halogens is 2. The fraction of sp³-hybridized carbons (Fsp3) is 0.333. The zero-order valence-electron chi connectivity index (χ0n) is 11.0. The standard InChI is InChI=1S/C15H17Cl2NS/c1-3-10-7-8-19-15(10)14(18-2)9-11-12(16)5-4-6-13(11)17/h4-8,14,18H,3,9H2,1-2H3. The van der Waals surface area contributed by atoms with Crippen LogP contribution >= 0.6 is 34.5 Å². The van der Waals surface area contributed by atoms with E-state index in [0.29, 0.717) is 0 Å². The molecule has 0 spiro atoms. The molecule has 0 aliphatic carbocycles. The molecule has 2 rings (SSSR count). The van der Waals surface area contributed by atoms with Crippen molar-refractivity contribution in [2.24, 2.45) is 0 Å². The summed E-state index contributed by atoms with van der Waals surface area (Å²) >= 11 is 14.3. The highest BCUT2D eigenvalue weighted by atomic mass is 35.5. The maximum absolute atomic E-state index is 6.26. The summed E-state index contributed by atoms with van der Waals surface area (Å²) in [5.74, 6) is 0. The Morgan fingerprint density at radius 3 is 2.47 bits per heavy atom. The second kappa shape index (κ2) is 6.76. The Morgan fingerprint density at radius 1 is 1.21 bits per heavy atom. The number of benzene rings is 1. The van der Waals surface area contributed by atoms with Crippen LogP contribution in [-0.2, 0) is 12.8 Å². The third-order valence-corrected chi connectivity index (χ3v) is 5.08. The Labute approximate surface area is 128 Å². The third kappa shape index (κ3) is 3.32. The highest BCUT2D eigenvalue weighted by Crippen LogP contribution is 2.32. The first-order chi connectivity index (χ1) is 9.17. The molecule has 1 heterocycles. The van der Waals surface area contributed by atoms with E-state index in [-0.39, 0.29) is 6.04 Å². The summed E-state index contributed by atoms with van der Waals surface area (Å²) in [6.07, 6.45) is 1.86. The molecule has 19 heavy (non-hydrogen) atoms. The molecular weight excluding hydrogens is 297 g/mol. The summed E-state index contributed by atoms with van der Waals surface area (Å²) in [5, 5.41) is 7.00. The van der Waals surface area contributed by atoms with Gasteiger partial charge in [0.2, 0.25) is 0 Å². The van der Waals surface area contributed by atoms with Crippen LogP contribution in [0, 0.1) is 0 Å². The molecule has 1 aromatic carbocycles. The smallest absolute Gasteiger partial charge is 0.0457 e. The molecule has 0 fully saturated rings. The fourth-order valence-electron chi connectivity index (χ4n) is 2.20. The van der Waals surface area contributed by atoms with Crippen LogP contribution in [0.1, 0.15) is 29.0 Å². The van der Waals surface area contributed by atoms with Gasteiger partial charge >= 0.3 is 0 Å². The largest absolute Gasteiger partial charge is 0.312 e. The van der Waals surface area contributed by atoms with E-state index in [1.165, 1.54) is 10.4 Å². The number of rotatable bonds is 5. The van der Waals surface area contributed by atoms with Crippen LogP contribution in [0.15, 0.2) is 29.6 Å². The van der Waals surface area contributed by atoms with Gasteiger partial charge in [0.15, 0.2) is 0 Å². The van der Waals surface area contributed by atoms with E-state index in [0.717, 1.165) is 28.5 Å². The zero-order valence-corrected chi connectivity index (χ0v) is 13.4. The molecule has 0 aliphatic rings. The molecule has 2 aromatic rings. The molecule has 1 N–H and O–H groups in total. The van der Waals surface area contributed by atoms with Crippen molar-refractivity contribution in [1.29, 1.82) is 0 Å². The molecule has 1 aromatic heterocycles. The summed E-state index contributed by atoms with van der Waals surface area (Å²) < 4.78 is 0. The quantitative estimate of drug-likeness (QED) is 0.807. The van der Waals surface area contributed by atoms with E-state index >= 15 is 0 Å². The SMILES string of the molecule is CCc1ccsc1C(Cc1c(Cl)cccc1Cl)NC. The third-order valence-electron chi connectivity index (χ3n) is 3.30. The lowest BCUT2D eigenvalue weighted by molar-refractivity contribution is 0.598. The molecule has 0 saturated heterocycles. The van der Waals surface area contributed by atoms with Crippen molar-refractivity contribution in [1.82, 2.24) is 5.32 Å². The van der Waals surface area contributed by atoms with Crippen LogP contribution in [-0.4, -0.2) is 7.05 Å². The Bertz CT molecular complexity index is 531. The molecule has 1 atom stereocenters. The average Bonchev–Trinajstić information content (AvgIpc) is 2.87. The van der Waals surface area contributed by atoms with E-state index < -0.39 is 0 Å². The Morgan fingerprint density at radius 2 is 1.89 bits per heavy atom. The predicted octanol–water partition coefficient (Wildman–Crippen LogP) is 5.12. The summed E-state index contributed by atoms with van der Waals surface area (Å²) in [4.78, 5) is 1.38. The van der Waals surface area contributed by atoms with E-state index in [4.69, 9.17) is 23.2 Å². The van der Waals surface area contributed by atoms with Gasteiger partial charge in [-0.2, -0.15) is 0 Å². The number of likely N-dealkylation sites (N-methyl/N-ethyl adjacent to an activating group) is 1. The topological polar surface area (TPSA) is 12.0 Å². The number of aryl methyl sites for hydroxylation is 1. The van der Waals surface area contributed by atoms with Crippen molar-refractivity contribution in [2.75, 3.05) is 7.05 Å². The minimum absolute atomic E-state index is 0.257. The second-order valence-corrected chi connectivity index (χ2v) is 6.17. The highest BCUT2D eigenvalue weighted by molar-refractivity contribution is 7.10. The molecule has 102 valence electrons. The number of hydrogen-bond acceptors (Lipinski definition) is 2. The predicted molar refractivity (Wildman–Crippen MR) is 85.7 cm³/mol. The first-order valence-corrected chi connectivity index (χ1v) is 7.97. The van der Waals surface area contributed by atoms with Gasteiger partial charge in [-0.05, 0) is 54.6 Å². The van der Waals surface area contributed by atoms with Gasteiger partial charge in [-0.15, -0.1) is 11.3 Å². The fourth-order valence-corrected chi connectivity index (χ4v) is 3.86. The highest BCUT2D eigenvalue weighted by Gasteiger charge is 2.17. The minimum atomic E-state index is 0.257. The maximum atomic E-state index is 6.26. The normalized spacial score (nSPS) is 12.6. The van der Waals surface area contributed by atoms with Gasteiger partial charge in [-0.3, -0.25) is 0 Å². The number of hydrogen-bond donors (Lipinski definition) is 1. The van der Waals surface area contributed by atoms with E-state index in [9.17, 15) is 0 Å². The molecule has 0 aliphatic heterocycles. The van der Waals surface area contributed by atoms with Crippen molar-refractivity contribution in [3.05, 3.63) is 55.7 Å². The molecule has 0 amide bonds. The van der Waals surface area contributed by atoms with E-state index in [2.05, 4.69) is 23.7 Å². The van der Waals surface area contributed by atoms with Gasteiger partial charge in [0.1, 0.15) is 0 Å². The maximum Gasteiger partial charge on any atom is 0.0457 e. The summed E-state index contributed by atoms with van der Waals surface area (Å²) in [7, 11) is 1.98. The molecule has 0 bridgehead atoms. The first kappa shape index (κ1) is 14.9. The molecule has 1 nitrogen and oxygen atoms in total. The Kier molecular flexibility index (Phi) is 5.28. The summed E-state index contributed by atoms with van der Waals surface area (Å²) in [6, 6.07) is 8.12. The second-order valence-electron chi connectivity index (χ2n) is 4.41. The molecule has 0 radical (unpaired) electrons. The van der Waals surface area contributed by atoms with Crippen LogP contribution in [0.3, 0.4) is 0 Å². The van der Waals surface area contributed by atoms with Gasteiger partial charge in [0.25, 0.3) is 0 Å². The van der Waals surface area contributed by atoms with Crippen LogP contribution in [0.4, 0.5) is 0 Å². The van der Waals surface area contributed by atoms with Crippen LogP contribution in [0.25, 0.3) is 0 Å². The van der Waals surface area contributed by atoms with Crippen molar-refractivity contribution < 1.29 is 0 Å². The van der Waals surface area contributed by atoms with E-state index in [1.54, 1.807) is 11.3 Å². The molecule has 4 heteroatoms. The lowest BCUT2D eigenvalue weighted by atomic mass is 10.0. The van der Waals surface area contributed by atoms with Crippen molar-refractivity contribution in [3.8, 4) is 0 Å². The first-order valence-electron chi connectivity index (χ1n) is 6.33. The zero-order chi connectivity index (χ0) is 13.8. The summed E-state index contributed by atoms with van der Waals surface area (Å²) in [5.41, 5.74) is 2.41. The monoisotopic (exact) mass is 313 g/mol. The van der Waals surface area contributed by atoms with Gasteiger partial charge in [0.05, 0.1) is 0 Å². The van der Waals surface area contributed by atoms with Crippen LogP contribution in [0.5, 0.6) is 0 Å². The molecule has 1 unspecified atom stereocenters. The lowest BCUT2D eigenvalue weighted by Crippen LogP contribution is -2.19. The molecule has 0 saturated carbocycles. The van der Waals surface area contributed by atoms with Gasteiger partial charge < -0.3 is 5.32 Å². The van der Waals surface area contributed by atoms with Gasteiger partial charge in [-0.1, -0.05) is 36.2 Å². The Hall–Kier alpha value is -0.540. The number of nitrogens with one attached hydrogen (secondary N) is 1. The summed E-state index contributed by atoms with van der Waals surface area (Å²) in [6.45, 7) is 2.18. The van der Waals surface area contributed by atoms with Crippen molar-refractivity contribution in [2.45, 2.75) is 25.8 Å². The minimum Gasteiger partial charge on any atom is -0.312 e. The van der Waals surface area contributed by atoms with Gasteiger partial charge in [-0.25, -0.2) is 0 Å². The van der Waals surface area contributed by atoms with Crippen LogP contribution < -0.4 is 5.32 Å². The molecular formula is C15H17Cl2NS. The van der Waals surface area contributed by atoms with Crippen molar-refractivity contribution in [3.63, 3.8) is 0 Å². The lowest BCUT2D eigenvalue weighted by Gasteiger charge is -2.18. The van der Waals surface area contributed by atoms with E-state index in [1.807, 2.05) is 25.2 Å². The average molecular weight is 314 g/mol.